The highest BCUT2D eigenvalue weighted by atomic mass is 32.2. The zero-order valence-corrected chi connectivity index (χ0v) is 14.3. The molecule has 128 valence electrons. The second-order valence-corrected chi connectivity index (χ2v) is 8.00. The standard InChI is InChI=1S/C16H20N4O3S/c1-19(10-13-11-20-8-3-2-7-15(20)18-13)24(22,23)14-6-4-5-12(9-14)16(17)21/h4-6,9,11H,2-3,7-8,10H2,1H3,(H2,17,21). The number of nitrogens with two attached hydrogens (primary N) is 1. The lowest BCUT2D eigenvalue weighted by Crippen LogP contribution is -2.27. The highest BCUT2D eigenvalue weighted by Gasteiger charge is 2.23. The molecule has 1 aromatic carbocycles. The molecular formula is C16H20N4O3S. The molecule has 0 spiro atoms. The smallest absolute Gasteiger partial charge is 0.248 e. The Hall–Kier alpha value is -2.19. The van der Waals surface area contributed by atoms with Crippen molar-refractivity contribution in [1.82, 2.24) is 13.9 Å². The van der Waals surface area contributed by atoms with E-state index >= 15 is 0 Å². The molecule has 8 heteroatoms. The molecule has 0 saturated carbocycles. The molecule has 0 bridgehead atoms. The number of nitrogens with zero attached hydrogens (tertiary/aromatic N) is 3. The molecule has 1 amide bonds. The molecule has 0 aliphatic carbocycles. The van der Waals surface area contributed by atoms with Crippen molar-refractivity contribution in [2.45, 2.75) is 37.2 Å². The number of primary amides is 1. The van der Waals surface area contributed by atoms with Crippen molar-refractivity contribution in [1.29, 1.82) is 0 Å². The number of imidazole rings is 1. The Morgan fingerprint density at radius 3 is 2.88 bits per heavy atom. The second-order valence-electron chi connectivity index (χ2n) is 5.95. The van der Waals surface area contributed by atoms with Gasteiger partial charge in [0.05, 0.1) is 17.1 Å². The normalized spacial score (nSPS) is 14.6. The van der Waals surface area contributed by atoms with Crippen LogP contribution in [0, 0.1) is 0 Å². The van der Waals surface area contributed by atoms with E-state index in [-0.39, 0.29) is 17.0 Å². The summed E-state index contributed by atoms with van der Waals surface area (Å²) < 4.78 is 28.7. The zero-order valence-electron chi connectivity index (χ0n) is 13.5. The monoisotopic (exact) mass is 348 g/mol. The molecular weight excluding hydrogens is 328 g/mol. The Morgan fingerprint density at radius 2 is 2.17 bits per heavy atom. The predicted molar refractivity (Wildman–Crippen MR) is 88.8 cm³/mol. The minimum absolute atomic E-state index is 0.0465. The molecule has 0 fully saturated rings. The van der Waals surface area contributed by atoms with Gasteiger partial charge < -0.3 is 10.3 Å². The van der Waals surface area contributed by atoms with Crippen molar-refractivity contribution in [3.8, 4) is 0 Å². The molecule has 3 rings (SSSR count). The van der Waals surface area contributed by atoms with Crippen LogP contribution in [-0.2, 0) is 29.5 Å². The number of benzene rings is 1. The van der Waals surface area contributed by atoms with Gasteiger partial charge in [0, 0.05) is 31.8 Å². The third-order valence-electron chi connectivity index (χ3n) is 4.17. The van der Waals surface area contributed by atoms with Crippen LogP contribution in [0.5, 0.6) is 0 Å². The molecule has 24 heavy (non-hydrogen) atoms. The van der Waals surface area contributed by atoms with Gasteiger partial charge in [-0.05, 0) is 31.0 Å². The highest BCUT2D eigenvalue weighted by Crippen LogP contribution is 2.20. The fraction of sp³-hybridized carbons (Fsp3) is 0.375. The SMILES string of the molecule is CN(Cc1cn2c(n1)CCCC2)S(=O)(=O)c1cccc(C(N)=O)c1. The number of amides is 1. The maximum atomic E-state index is 12.7. The van der Waals surface area contributed by atoms with Crippen LogP contribution in [0.4, 0.5) is 0 Å². The summed E-state index contributed by atoms with van der Waals surface area (Å²) in [5.41, 5.74) is 6.12. The molecule has 7 nitrogen and oxygen atoms in total. The Balaban J connectivity index is 1.83. The van der Waals surface area contributed by atoms with Crippen LogP contribution in [0.2, 0.25) is 0 Å². The minimum Gasteiger partial charge on any atom is -0.366 e. The van der Waals surface area contributed by atoms with Gasteiger partial charge in [-0.2, -0.15) is 4.31 Å². The molecule has 0 atom stereocenters. The number of hydrogen-bond donors (Lipinski definition) is 1. The van der Waals surface area contributed by atoms with Gasteiger partial charge in [-0.15, -0.1) is 0 Å². The van der Waals surface area contributed by atoms with Crippen LogP contribution >= 0.6 is 0 Å². The fourth-order valence-corrected chi connectivity index (χ4v) is 4.04. The van der Waals surface area contributed by atoms with Crippen molar-refractivity contribution in [3.05, 3.63) is 47.5 Å². The molecule has 1 aliphatic rings. The van der Waals surface area contributed by atoms with Crippen molar-refractivity contribution < 1.29 is 13.2 Å². The van der Waals surface area contributed by atoms with Crippen molar-refractivity contribution in [2.24, 2.45) is 5.73 Å². The first kappa shape index (κ1) is 16.7. The summed E-state index contributed by atoms with van der Waals surface area (Å²) in [6.45, 7) is 1.11. The molecule has 0 saturated heterocycles. The van der Waals surface area contributed by atoms with Crippen molar-refractivity contribution in [2.75, 3.05) is 7.05 Å². The number of rotatable bonds is 5. The number of aromatic nitrogens is 2. The largest absolute Gasteiger partial charge is 0.366 e. The minimum atomic E-state index is -3.72. The lowest BCUT2D eigenvalue weighted by Gasteiger charge is -2.16. The van der Waals surface area contributed by atoms with Gasteiger partial charge >= 0.3 is 0 Å². The molecule has 0 radical (unpaired) electrons. The summed E-state index contributed by atoms with van der Waals surface area (Å²) in [7, 11) is -2.21. The van der Waals surface area contributed by atoms with Crippen LogP contribution < -0.4 is 5.73 Å². The van der Waals surface area contributed by atoms with E-state index in [2.05, 4.69) is 9.55 Å². The fourth-order valence-electron chi connectivity index (χ4n) is 2.85. The van der Waals surface area contributed by atoms with E-state index in [1.54, 1.807) is 0 Å². The second kappa shape index (κ2) is 6.37. The Labute approximate surface area is 141 Å². The predicted octanol–water partition coefficient (Wildman–Crippen LogP) is 1.14. The van der Waals surface area contributed by atoms with Gasteiger partial charge in [0.15, 0.2) is 0 Å². The molecule has 2 N–H and O–H groups in total. The van der Waals surface area contributed by atoms with Crippen molar-refractivity contribution >= 4 is 15.9 Å². The molecule has 1 aliphatic heterocycles. The lowest BCUT2D eigenvalue weighted by molar-refractivity contribution is 0.1000. The summed E-state index contributed by atoms with van der Waals surface area (Å²) in [6, 6.07) is 5.75. The van der Waals surface area contributed by atoms with E-state index < -0.39 is 15.9 Å². The summed E-state index contributed by atoms with van der Waals surface area (Å²) in [5.74, 6) is 0.356. The summed E-state index contributed by atoms with van der Waals surface area (Å²) in [5, 5.41) is 0. The summed E-state index contributed by atoms with van der Waals surface area (Å²) >= 11 is 0. The molecule has 1 aromatic heterocycles. The third kappa shape index (κ3) is 3.20. The number of fused-ring (bicyclic) bond motifs is 1. The Morgan fingerprint density at radius 1 is 1.38 bits per heavy atom. The quantitative estimate of drug-likeness (QED) is 0.876. The van der Waals surface area contributed by atoms with E-state index in [9.17, 15) is 13.2 Å². The van der Waals surface area contributed by atoms with Crippen LogP contribution in [-0.4, -0.2) is 35.2 Å². The first-order valence-electron chi connectivity index (χ1n) is 7.79. The van der Waals surface area contributed by atoms with Gasteiger partial charge in [0.25, 0.3) is 0 Å². The third-order valence-corrected chi connectivity index (χ3v) is 5.97. The maximum absolute atomic E-state index is 12.7. The van der Waals surface area contributed by atoms with Gasteiger partial charge in [0.2, 0.25) is 15.9 Å². The Bertz CT molecular complexity index is 850. The summed E-state index contributed by atoms with van der Waals surface area (Å²) in [4.78, 5) is 15.8. The van der Waals surface area contributed by atoms with E-state index in [0.29, 0.717) is 0 Å². The van der Waals surface area contributed by atoms with Crippen LogP contribution in [0.25, 0.3) is 0 Å². The van der Waals surface area contributed by atoms with Gasteiger partial charge in [-0.25, -0.2) is 13.4 Å². The van der Waals surface area contributed by atoms with E-state index in [0.717, 1.165) is 37.3 Å². The highest BCUT2D eigenvalue weighted by molar-refractivity contribution is 7.89. The number of carbonyl (C=O) groups is 1. The average molecular weight is 348 g/mol. The number of carbonyl (C=O) groups excluding carboxylic acids is 1. The van der Waals surface area contributed by atoms with Crippen LogP contribution in [0.3, 0.4) is 0 Å². The van der Waals surface area contributed by atoms with Gasteiger partial charge in [-0.3, -0.25) is 4.79 Å². The first-order valence-corrected chi connectivity index (χ1v) is 9.23. The Kier molecular flexibility index (Phi) is 4.42. The van der Waals surface area contributed by atoms with E-state index in [1.807, 2.05) is 6.20 Å². The van der Waals surface area contributed by atoms with E-state index in [4.69, 9.17) is 5.73 Å². The zero-order chi connectivity index (χ0) is 17.3. The van der Waals surface area contributed by atoms with Crippen LogP contribution in [0.1, 0.15) is 34.7 Å². The lowest BCUT2D eigenvalue weighted by atomic mass is 10.2. The molecule has 2 heterocycles. The van der Waals surface area contributed by atoms with Gasteiger partial charge in [0.1, 0.15) is 5.82 Å². The molecule has 2 aromatic rings. The molecule has 0 unspecified atom stereocenters. The van der Waals surface area contributed by atoms with Gasteiger partial charge in [-0.1, -0.05) is 6.07 Å². The first-order chi connectivity index (χ1) is 11.4. The number of aryl methyl sites for hydroxylation is 2. The summed E-state index contributed by atoms with van der Waals surface area (Å²) in [6.07, 6.45) is 5.08. The maximum Gasteiger partial charge on any atom is 0.248 e. The average Bonchev–Trinajstić information content (AvgIpc) is 2.97. The van der Waals surface area contributed by atoms with E-state index in [1.165, 1.54) is 35.6 Å². The van der Waals surface area contributed by atoms with Crippen molar-refractivity contribution in [3.63, 3.8) is 0 Å². The number of sulfonamides is 1. The topological polar surface area (TPSA) is 98.3 Å². The van der Waals surface area contributed by atoms with Crippen LogP contribution in [0.15, 0.2) is 35.4 Å². The number of hydrogen-bond acceptors (Lipinski definition) is 4.